The van der Waals surface area contributed by atoms with E-state index in [1.54, 1.807) is 13.8 Å². The van der Waals surface area contributed by atoms with Gasteiger partial charge in [0.15, 0.2) is 0 Å². The van der Waals surface area contributed by atoms with E-state index in [9.17, 15) is 13.2 Å². The highest BCUT2D eigenvalue weighted by atomic mass is 32.2. The third kappa shape index (κ3) is 3.84. The number of amides is 1. The number of hydrogen-bond donors (Lipinski definition) is 0. The molecule has 1 aromatic heterocycles. The molecular formula is C13H21N5O3S. The molecule has 0 aliphatic rings. The Labute approximate surface area is 131 Å². The zero-order valence-electron chi connectivity index (χ0n) is 13.1. The fraction of sp³-hybridized carbons (Fsp3) is 0.615. The number of carbonyl (C=O) groups is 1. The van der Waals surface area contributed by atoms with Crippen LogP contribution in [0.25, 0.3) is 0 Å². The van der Waals surface area contributed by atoms with Gasteiger partial charge in [-0.2, -0.15) is 8.99 Å². The molecule has 1 amide bonds. The summed E-state index contributed by atoms with van der Waals surface area (Å²) in [7, 11) is -3.78. The maximum Gasteiger partial charge on any atom is 0.346 e. The average molecular weight is 327 g/mol. The molecule has 0 N–H and O–H groups in total. The van der Waals surface area contributed by atoms with Crippen LogP contribution in [0.4, 0.5) is 4.79 Å². The third-order valence-corrected chi connectivity index (χ3v) is 4.83. The molecule has 0 atom stereocenters. The summed E-state index contributed by atoms with van der Waals surface area (Å²) in [4.78, 5) is 17.4. The molecule has 0 bridgehead atoms. The Balaban J connectivity index is 3.05. The van der Waals surface area contributed by atoms with Gasteiger partial charge in [-0.15, -0.1) is 11.5 Å². The molecule has 8 nitrogen and oxygen atoms in total. The van der Waals surface area contributed by atoms with Crippen LogP contribution in [0, 0.1) is 12.3 Å². The summed E-state index contributed by atoms with van der Waals surface area (Å²) < 4.78 is 26.7. The van der Waals surface area contributed by atoms with Crippen molar-refractivity contribution in [3.05, 3.63) is 6.33 Å². The molecule has 0 radical (unpaired) electrons. The topological polar surface area (TPSA) is 88.4 Å². The van der Waals surface area contributed by atoms with Gasteiger partial charge in [-0.3, -0.25) is 0 Å². The Morgan fingerprint density at radius 3 is 2.50 bits per heavy atom. The van der Waals surface area contributed by atoms with Crippen molar-refractivity contribution in [1.82, 2.24) is 24.0 Å². The SMILES string of the molecule is C#CCN(CCC)C(=O)n1cnc(S(=O)(=O)N(CC)CC)n1. The Morgan fingerprint density at radius 2 is 2.00 bits per heavy atom. The second kappa shape index (κ2) is 7.91. The molecule has 22 heavy (non-hydrogen) atoms. The maximum atomic E-state index is 12.3. The number of hydrogen-bond acceptors (Lipinski definition) is 5. The van der Waals surface area contributed by atoms with Crippen molar-refractivity contribution >= 4 is 16.1 Å². The molecule has 9 heteroatoms. The van der Waals surface area contributed by atoms with Gasteiger partial charge < -0.3 is 4.90 Å². The first-order chi connectivity index (χ1) is 10.4. The Bertz CT molecular complexity index is 643. The first-order valence-electron chi connectivity index (χ1n) is 7.06. The van der Waals surface area contributed by atoms with Gasteiger partial charge in [0.1, 0.15) is 6.33 Å². The quantitative estimate of drug-likeness (QED) is 0.685. The lowest BCUT2D eigenvalue weighted by Gasteiger charge is -2.18. The minimum atomic E-state index is -3.78. The van der Waals surface area contributed by atoms with Crippen molar-refractivity contribution in [2.24, 2.45) is 0 Å². The number of terminal acetylenes is 1. The molecule has 0 aromatic carbocycles. The van der Waals surface area contributed by atoms with Gasteiger partial charge in [-0.25, -0.2) is 18.2 Å². The highest BCUT2D eigenvalue weighted by molar-refractivity contribution is 7.88. The first-order valence-corrected chi connectivity index (χ1v) is 8.50. The van der Waals surface area contributed by atoms with E-state index in [4.69, 9.17) is 6.42 Å². The summed E-state index contributed by atoms with van der Waals surface area (Å²) in [6.45, 7) is 6.55. The fourth-order valence-electron chi connectivity index (χ4n) is 1.90. The molecule has 1 aromatic rings. The normalized spacial score (nSPS) is 11.4. The summed E-state index contributed by atoms with van der Waals surface area (Å²) in [6.07, 6.45) is 7.06. The van der Waals surface area contributed by atoms with Crippen molar-refractivity contribution < 1.29 is 13.2 Å². The lowest BCUT2D eigenvalue weighted by molar-refractivity contribution is 0.202. The monoisotopic (exact) mass is 327 g/mol. The summed E-state index contributed by atoms with van der Waals surface area (Å²) in [5.41, 5.74) is 0. The van der Waals surface area contributed by atoms with Crippen LogP contribution in [-0.2, 0) is 10.0 Å². The van der Waals surface area contributed by atoms with Gasteiger partial charge in [0, 0.05) is 19.6 Å². The molecule has 0 aliphatic heterocycles. The van der Waals surface area contributed by atoms with Crippen molar-refractivity contribution in [2.75, 3.05) is 26.2 Å². The van der Waals surface area contributed by atoms with Crippen molar-refractivity contribution in [1.29, 1.82) is 0 Å². The van der Waals surface area contributed by atoms with E-state index in [1.165, 1.54) is 9.21 Å². The fourth-order valence-corrected chi connectivity index (χ4v) is 3.19. The summed E-state index contributed by atoms with van der Waals surface area (Å²) in [5.74, 6) is 2.39. The van der Waals surface area contributed by atoms with E-state index in [0.29, 0.717) is 19.6 Å². The number of carbonyl (C=O) groups excluding carboxylic acids is 1. The molecule has 0 saturated heterocycles. The van der Waals surface area contributed by atoms with Crippen LogP contribution < -0.4 is 0 Å². The maximum absolute atomic E-state index is 12.3. The highest BCUT2D eigenvalue weighted by Gasteiger charge is 2.27. The average Bonchev–Trinajstić information content (AvgIpc) is 2.98. The van der Waals surface area contributed by atoms with Crippen molar-refractivity contribution in [2.45, 2.75) is 32.3 Å². The van der Waals surface area contributed by atoms with Crippen molar-refractivity contribution in [3.63, 3.8) is 0 Å². The van der Waals surface area contributed by atoms with E-state index in [2.05, 4.69) is 16.0 Å². The Hall–Kier alpha value is -1.92. The van der Waals surface area contributed by atoms with E-state index in [-0.39, 0.29) is 11.7 Å². The van der Waals surface area contributed by atoms with Crippen LogP contribution in [0.2, 0.25) is 0 Å². The molecule has 0 saturated carbocycles. The highest BCUT2D eigenvalue weighted by Crippen LogP contribution is 2.10. The van der Waals surface area contributed by atoms with Gasteiger partial charge in [-0.1, -0.05) is 26.7 Å². The number of rotatable bonds is 7. The molecule has 0 unspecified atom stereocenters. The second-order valence-electron chi connectivity index (χ2n) is 4.47. The number of aromatic nitrogens is 3. The van der Waals surface area contributed by atoms with Crippen LogP contribution in [0.15, 0.2) is 11.5 Å². The number of sulfonamides is 1. The summed E-state index contributed by atoms with van der Waals surface area (Å²) >= 11 is 0. The van der Waals surface area contributed by atoms with E-state index in [0.717, 1.165) is 17.4 Å². The van der Waals surface area contributed by atoms with Gasteiger partial charge in [-0.05, 0) is 6.42 Å². The van der Waals surface area contributed by atoms with Crippen LogP contribution in [0.1, 0.15) is 27.2 Å². The summed E-state index contributed by atoms with van der Waals surface area (Å²) in [6, 6.07) is -0.492. The predicted molar refractivity (Wildman–Crippen MR) is 81.6 cm³/mol. The van der Waals surface area contributed by atoms with E-state index < -0.39 is 16.1 Å². The molecule has 0 fully saturated rings. The smallest absolute Gasteiger partial charge is 0.312 e. The summed E-state index contributed by atoms with van der Waals surface area (Å²) in [5, 5.41) is 3.41. The molecule has 122 valence electrons. The van der Waals surface area contributed by atoms with E-state index >= 15 is 0 Å². The predicted octanol–water partition coefficient (Wildman–Crippen LogP) is 0.622. The minimum absolute atomic E-state index is 0.130. The largest absolute Gasteiger partial charge is 0.346 e. The molecule has 0 spiro atoms. The Kier molecular flexibility index (Phi) is 6.52. The standard InChI is InChI=1S/C13H21N5O3S/c1-5-9-16(10-6-2)13(19)18-11-14-12(15-18)22(20,21)17(7-3)8-4/h1,11H,6-10H2,2-4H3. The molecule has 1 heterocycles. The van der Waals surface area contributed by atoms with Crippen LogP contribution >= 0.6 is 0 Å². The van der Waals surface area contributed by atoms with Crippen LogP contribution in [0.3, 0.4) is 0 Å². The van der Waals surface area contributed by atoms with Crippen molar-refractivity contribution in [3.8, 4) is 12.3 Å². The van der Waals surface area contributed by atoms with Gasteiger partial charge in [0.25, 0.3) is 15.2 Å². The third-order valence-electron chi connectivity index (χ3n) is 2.99. The van der Waals surface area contributed by atoms with Gasteiger partial charge in [0.2, 0.25) is 0 Å². The van der Waals surface area contributed by atoms with Crippen LogP contribution in [0.5, 0.6) is 0 Å². The Morgan fingerprint density at radius 1 is 1.36 bits per heavy atom. The van der Waals surface area contributed by atoms with Crippen LogP contribution in [-0.4, -0.2) is 64.6 Å². The number of nitrogens with zero attached hydrogens (tertiary/aromatic N) is 5. The second-order valence-corrected chi connectivity index (χ2v) is 6.30. The van der Waals surface area contributed by atoms with Gasteiger partial charge in [0.05, 0.1) is 6.54 Å². The minimum Gasteiger partial charge on any atom is -0.312 e. The van der Waals surface area contributed by atoms with Gasteiger partial charge >= 0.3 is 6.03 Å². The molecule has 1 rings (SSSR count). The lowest BCUT2D eigenvalue weighted by atomic mass is 10.4. The molecular weight excluding hydrogens is 306 g/mol. The zero-order valence-corrected chi connectivity index (χ0v) is 13.9. The first kappa shape index (κ1) is 18.1. The molecule has 0 aliphatic carbocycles. The van der Waals surface area contributed by atoms with E-state index in [1.807, 2.05) is 6.92 Å². The lowest BCUT2D eigenvalue weighted by Crippen LogP contribution is -2.36. The zero-order chi connectivity index (χ0) is 16.8.